The molecular formula is C18H19N4O3S-. The summed E-state index contributed by atoms with van der Waals surface area (Å²) in [5.74, 6) is 2.21. The molecule has 7 nitrogen and oxygen atoms in total. The minimum atomic E-state index is -2.36. The Morgan fingerprint density at radius 1 is 1.12 bits per heavy atom. The fourth-order valence-electron chi connectivity index (χ4n) is 2.12. The van der Waals surface area contributed by atoms with Crippen LogP contribution in [0.1, 0.15) is 11.4 Å². The number of benzene rings is 1. The average molecular weight is 371 g/mol. The molecule has 26 heavy (non-hydrogen) atoms. The van der Waals surface area contributed by atoms with Gasteiger partial charge in [-0.25, -0.2) is 4.98 Å². The lowest BCUT2D eigenvalue weighted by atomic mass is 10.3. The van der Waals surface area contributed by atoms with Gasteiger partial charge in [0, 0.05) is 34.9 Å². The first kappa shape index (κ1) is 19.5. The van der Waals surface area contributed by atoms with Gasteiger partial charge in [0.2, 0.25) is 0 Å². The van der Waals surface area contributed by atoms with Crippen LogP contribution in [-0.4, -0.2) is 18.7 Å². The van der Waals surface area contributed by atoms with Crippen molar-refractivity contribution in [2.45, 2.75) is 13.8 Å². The highest BCUT2D eigenvalue weighted by Crippen LogP contribution is 2.26. The van der Waals surface area contributed by atoms with Crippen LogP contribution < -0.4 is 15.2 Å². The number of nitrogens with zero attached hydrogens (tertiary/aromatic N) is 2. The number of aromatic nitrogens is 2. The molecule has 3 N–H and O–H groups in total. The van der Waals surface area contributed by atoms with E-state index < -0.39 is 11.3 Å². The van der Waals surface area contributed by atoms with Crippen LogP contribution in [0.2, 0.25) is 0 Å². The molecule has 0 saturated carbocycles. The molecule has 8 heteroatoms. The van der Waals surface area contributed by atoms with E-state index in [1.165, 1.54) is 0 Å². The zero-order valence-corrected chi connectivity index (χ0v) is 15.2. The summed E-state index contributed by atoms with van der Waals surface area (Å²) in [7, 11) is 0. The van der Waals surface area contributed by atoms with E-state index in [-0.39, 0.29) is 0 Å². The molecule has 0 amide bonds. The molecule has 1 unspecified atom stereocenters. The van der Waals surface area contributed by atoms with Crippen molar-refractivity contribution in [2.75, 3.05) is 5.32 Å². The monoisotopic (exact) mass is 371 g/mol. The number of anilines is 2. The van der Waals surface area contributed by atoms with Gasteiger partial charge >= 0.3 is 0 Å². The van der Waals surface area contributed by atoms with Crippen LogP contribution in [-0.2, 0) is 11.3 Å². The van der Waals surface area contributed by atoms with Crippen LogP contribution in [0.15, 0.2) is 60.8 Å². The molecule has 3 aromatic rings. The normalized spacial score (nSPS) is 11.1. The molecule has 0 aliphatic heterocycles. The molecule has 0 fully saturated rings. The molecule has 0 saturated heterocycles. The summed E-state index contributed by atoms with van der Waals surface area (Å²) in [5, 5.41) is 7.27. The van der Waals surface area contributed by atoms with Crippen molar-refractivity contribution >= 4 is 22.8 Å². The van der Waals surface area contributed by atoms with Gasteiger partial charge in [0.05, 0.1) is 5.69 Å². The number of nitrogens with one attached hydrogen (secondary N) is 1. The molecule has 1 aromatic carbocycles. The summed E-state index contributed by atoms with van der Waals surface area (Å²) in [5.41, 5.74) is 2.83. The Morgan fingerprint density at radius 2 is 1.81 bits per heavy atom. The van der Waals surface area contributed by atoms with Crippen LogP contribution in [0.5, 0.6) is 11.5 Å². The Balaban J connectivity index is 0.000000552. The second-order valence-corrected chi connectivity index (χ2v) is 5.79. The number of hydrogen-bond acceptors (Lipinski definition) is 6. The number of pyridine rings is 2. The first-order valence-electron chi connectivity index (χ1n) is 7.68. The Hall–Kier alpha value is -2.81. The summed E-state index contributed by atoms with van der Waals surface area (Å²) >= 11 is -2.36. The summed E-state index contributed by atoms with van der Waals surface area (Å²) < 4.78 is 23.5. The minimum absolute atomic E-state index is 0.724. The zero-order chi connectivity index (χ0) is 18.9. The van der Waals surface area contributed by atoms with Crippen molar-refractivity contribution in [3.05, 3.63) is 72.2 Å². The van der Waals surface area contributed by atoms with Gasteiger partial charge in [0.1, 0.15) is 17.3 Å². The highest BCUT2D eigenvalue weighted by molar-refractivity contribution is 7.76. The molecule has 1 atom stereocenters. The minimum Gasteiger partial charge on any atom is -0.760 e. The van der Waals surface area contributed by atoms with E-state index in [0.717, 1.165) is 34.4 Å². The third-order valence-electron chi connectivity index (χ3n) is 3.18. The molecule has 3 rings (SSSR count). The molecule has 0 aliphatic rings. The van der Waals surface area contributed by atoms with Crippen molar-refractivity contribution in [1.82, 2.24) is 9.97 Å². The quantitative estimate of drug-likeness (QED) is 0.680. The Bertz CT molecular complexity index is 871. The highest BCUT2D eigenvalue weighted by atomic mass is 32.2. The fraction of sp³-hybridized carbons (Fsp3) is 0.111. The molecule has 0 aliphatic carbocycles. The van der Waals surface area contributed by atoms with E-state index >= 15 is 0 Å². The second kappa shape index (κ2) is 9.62. The summed E-state index contributed by atoms with van der Waals surface area (Å²) in [4.78, 5) is 8.71. The maximum absolute atomic E-state index is 8.78. The standard InChI is InChI=1S/C18H17N3O.H3NO2S/c1-13-8-9-17(14(2)20-13)22-16-10-11-19-18(12-16)21-15-6-4-3-5-7-15;1-4(2)3/h3-12H,1-2H3,(H,19,21);1H2,(H,2,3)/p-1. The van der Waals surface area contributed by atoms with E-state index in [0.29, 0.717) is 0 Å². The number of ether oxygens (including phenoxy) is 1. The molecule has 0 radical (unpaired) electrons. The van der Waals surface area contributed by atoms with Crippen LogP contribution in [0, 0.1) is 13.8 Å². The molecule has 2 heterocycles. The van der Waals surface area contributed by atoms with Crippen LogP contribution in [0.4, 0.5) is 11.5 Å². The molecule has 136 valence electrons. The van der Waals surface area contributed by atoms with E-state index in [1.807, 2.05) is 68.4 Å². The van der Waals surface area contributed by atoms with Crippen molar-refractivity contribution in [2.24, 2.45) is 5.14 Å². The van der Waals surface area contributed by atoms with Crippen LogP contribution in [0.3, 0.4) is 0 Å². The smallest absolute Gasteiger partial charge is 0.148 e. The van der Waals surface area contributed by atoms with E-state index in [4.69, 9.17) is 13.5 Å². The Labute approximate surface area is 154 Å². The topological polar surface area (TPSA) is 113 Å². The summed E-state index contributed by atoms with van der Waals surface area (Å²) in [6, 6.07) is 17.5. The second-order valence-electron chi connectivity index (χ2n) is 5.27. The SMILES string of the molecule is Cc1ccc(Oc2ccnc(Nc3ccccc3)c2)c(C)n1.NS(=O)[O-]. The van der Waals surface area contributed by atoms with Crippen molar-refractivity contribution in [3.63, 3.8) is 0 Å². The van der Waals surface area contributed by atoms with Crippen LogP contribution in [0.25, 0.3) is 0 Å². The van der Waals surface area contributed by atoms with Gasteiger partial charge in [-0.15, -0.1) is 0 Å². The van der Waals surface area contributed by atoms with Gasteiger partial charge in [-0.05, 0) is 44.2 Å². The number of aryl methyl sites for hydroxylation is 2. The largest absolute Gasteiger partial charge is 0.760 e. The Kier molecular flexibility index (Phi) is 7.22. The number of hydrogen-bond donors (Lipinski definition) is 2. The summed E-state index contributed by atoms with van der Waals surface area (Å²) in [6.45, 7) is 3.90. The van der Waals surface area contributed by atoms with Crippen molar-refractivity contribution in [3.8, 4) is 11.5 Å². The number of rotatable bonds is 4. The van der Waals surface area contributed by atoms with E-state index in [9.17, 15) is 0 Å². The van der Waals surface area contributed by atoms with Gasteiger partial charge in [-0.3, -0.25) is 14.3 Å². The summed E-state index contributed by atoms with van der Waals surface area (Å²) in [6.07, 6.45) is 1.72. The number of nitrogens with two attached hydrogens (primary N) is 1. The van der Waals surface area contributed by atoms with Gasteiger partial charge in [0.15, 0.2) is 0 Å². The van der Waals surface area contributed by atoms with Gasteiger partial charge in [-0.1, -0.05) is 18.2 Å². The third kappa shape index (κ3) is 6.60. The molecule has 2 aromatic heterocycles. The van der Waals surface area contributed by atoms with E-state index in [2.05, 4.69) is 20.4 Å². The predicted molar refractivity (Wildman–Crippen MR) is 101 cm³/mol. The first-order valence-corrected chi connectivity index (χ1v) is 8.82. The maximum atomic E-state index is 8.78. The average Bonchev–Trinajstić information content (AvgIpc) is 2.58. The van der Waals surface area contributed by atoms with Crippen molar-refractivity contribution < 1.29 is 13.5 Å². The van der Waals surface area contributed by atoms with Crippen LogP contribution >= 0.6 is 0 Å². The third-order valence-corrected chi connectivity index (χ3v) is 3.18. The highest BCUT2D eigenvalue weighted by Gasteiger charge is 2.04. The van der Waals surface area contributed by atoms with Crippen molar-refractivity contribution in [1.29, 1.82) is 0 Å². The molecule has 0 spiro atoms. The Morgan fingerprint density at radius 3 is 2.46 bits per heavy atom. The maximum Gasteiger partial charge on any atom is 0.148 e. The molecular weight excluding hydrogens is 352 g/mol. The number of para-hydroxylation sites is 1. The first-order chi connectivity index (χ1) is 12.4. The van der Waals surface area contributed by atoms with Gasteiger partial charge in [0.25, 0.3) is 0 Å². The molecule has 0 bridgehead atoms. The lowest BCUT2D eigenvalue weighted by Gasteiger charge is -2.10. The lowest BCUT2D eigenvalue weighted by Crippen LogP contribution is -1.97. The van der Waals surface area contributed by atoms with E-state index in [1.54, 1.807) is 6.20 Å². The predicted octanol–water partition coefficient (Wildman–Crippen LogP) is 3.37. The van der Waals surface area contributed by atoms with Gasteiger partial charge in [-0.2, -0.15) is 0 Å². The zero-order valence-electron chi connectivity index (χ0n) is 14.4. The lowest BCUT2D eigenvalue weighted by molar-refractivity contribution is 0.475. The van der Waals surface area contributed by atoms with Gasteiger partial charge < -0.3 is 14.6 Å². The fourth-order valence-corrected chi connectivity index (χ4v) is 2.12.